The van der Waals surface area contributed by atoms with Crippen LogP contribution in [0.25, 0.3) is 0 Å². The van der Waals surface area contributed by atoms with E-state index in [0.717, 1.165) is 13.0 Å². The fourth-order valence-electron chi connectivity index (χ4n) is 1.80. The van der Waals surface area contributed by atoms with Gasteiger partial charge in [0.15, 0.2) is 0 Å². The first-order valence-corrected chi connectivity index (χ1v) is 7.50. The normalized spacial score (nSPS) is 16.8. The maximum atomic E-state index is 13.1. The quantitative estimate of drug-likeness (QED) is 0.529. The average Bonchev–Trinajstić information content (AvgIpc) is 2.47. The fraction of sp³-hybridized carbons (Fsp3) is 0.733. The highest BCUT2D eigenvalue weighted by Crippen LogP contribution is 2.43. The Morgan fingerprint density at radius 2 is 1.60 bits per heavy atom. The molecular weight excluding hydrogens is 354 g/mol. The average molecular weight is 376 g/mol. The molecule has 0 aliphatic rings. The highest BCUT2D eigenvalue weighted by molar-refractivity contribution is 5.86. The largest absolute Gasteiger partial charge is 0.405 e. The van der Waals surface area contributed by atoms with Gasteiger partial charge in [0.2, 0.25) is 11.8 Å². The van der Waals surface area contributed by atoms with Crippen LogP contribution in [0.3, 0.4) is 0 Å². The van der Waals surface area contributed by atoms with Gasteiger partial charge >= 0.3 is 12.4 Å². The van der Waals surface area contributed by atoms with Crippen molar-refractivity contribution in [2.24, 2.45) is 11.3 Å². The van der Waals surface area contributed by atoms with Gasteiger partial charge in [-0.2, -0.15) is 26.3 Å². The molecule has 0 radical (unpaired) electrons. The van der Waals surface area contributed by atoms with Crippen molar-refractivity contribution in [3.8, 4) is 0 Å². The first-order valence-electron chi connectivity index (χ1n) is 7.50. The van der Waals surface area contributed by atoms with E-state index >= 15 is 0 Å². The van der Waals surface area contributed by atoms with E-state index in [4.69, 9.17) is 0 Å². The lowest BCUT2D eigenvalue weighted by Gasteiger charge is -2.29. The van der Waals surface area contributed by atoms with E-state index < -0.39 is 48.6 Å². The molecule has 0 aromatic rings. The summed E-state index contributed by atoms with van der Waals surface area (Å²) in [5, 5.41) is 3.67. The number of amides is 2. The highest BCUT2D eigenvalue weighted by Gasteiger charge is 2.48. The van der Waals surface area contributed by atoms with Crippen molar-refractivity contribution in [1.82, 2.24) is 10.6 Å². The van der Waals surface area contributed by atoms with Crippen LogP contribution in [0.2, 0.25) is 0 Å². The summed E-state index contributed by atoms with van der Waals surface area (Å²) in [6.45, 7) is 2.85. The van der Waals surface area contributed by atoms with Crippen molar-refractivity contribution < 1.29 is 35.9 Å². The zero-order chi connectivity index (χ0) is 20.1. The van der Waals surface area contributed by atoms with Gasteiger partial charge in [-0.15, -0.1) is 0 Å². The third kappa shape index (κ3) is 7.78. The Labute approximate surface area is 142 Å². The number of alkyl halides is 6. The minimum Gasteiger partial charge on any atom is -0.347 e. The van der Waals surface area contributed by atoms with Gasteiger partial charge in [-0.1, -0.05) is 18.6 Å². The van der Waals surface area contributed by atoms with Gasteiger partial charge in [-0.05, 0) is 27.2 Å². The number of hydrogen-bond acceptors (Lipinski definition) is 2. The smallest absolute Gasteiger partial charge is 0.347 e. The molecule has 0 aromatic heterocycles. The minimum atomic E-state index is -4.57. The van der Waals surface area contributed by atoms with Crippen molar-refractivity contribution in [3.05, 3.63) is 11.6 Å². The van der Waals surface area contributed by atoms with Gasteiger partial charge < -0.3 is 10.6 Å². The molecule has 0 aromatic carbocycles. The van der Waals surface area contributed by atoms with E-state index in [9.17, 15) is 35.9 Å². The van der Waals surface area contributed by atoms with Crippen molar-refractivity contribution >= 4 is 11.8 Å². The first-order chi connectivity index (χ1) is 11.1. The molecule has 10 heteroatoms. The number of nitrogens with one attached hydrogen (secondary N) is 2. The Hall–Kier alpha value is -1.74. The molecule has 2 amide bonds. The lowest BCUT2D eigenvalue weighted by Crippen LogP contribution is -2.42. The van der Waals surface area contributed by atoms with Crippen LogP contribution in [0, 0.1) is 11.3 Å². The summed E-state index contributed by atoms with van der Waals surface area (Å²) in [5.74, 6) is -2.77. The predicted molar refractivity (Wildman–Crippen MR) is 79.4 cm³/mol. The molecule has 2 N–H and O–H groups in total. The van der Waals surface area contributed by atoms with Crippen molar-refractivity contribution in [1.29, 1.82) is 0 Å². The molecule has 25 heavy (non-hydrogen) atoms. The number of carbonyl (C=O) groups is 2. The van der Waals surface area contributed by atoms with Gasteiger partial charge in [-0.25, -0.2) is 0 Å². The van der Waals surface area contributed by atoms with Crippen LogP contribution in [0.15, 0.2) is 11.6 Å². The van der Waals surface area contributed by atoms with Gasteiger partial charge in [0.25, 0.3) is 0 Å². The van der Waals surface area contributed by atoms with Crippen LogP contribution in [-0.2, 0) is 9.59 Å². The molecule has 0 aliphatic carbocycles. The van der Waals surface area contributed by atoms with E-state index in [-0.39, 0.29) is 12.0 Å². The maximum Gasteiger partial charge on any atom is 0.405 e. The third-order valence-electron chi connectivity index (χ3n) is 3.91. The van der Waals surface area contributed by atoms with Crippen LogP contribution in [-0.4, -0.2) is 37.3 Å². The molecule has 0 bridgehead atoms. The van der Waals surface area contributed by atoms with Crippen LogP contribution < -0.4 is 10.6 Å². The van der Waals surface area contributed by atoms with Gasteiger partial charge in [0.1, 0.15) is 6.54 Å². The summed E-state index contributed by atoms with van der Waals surface area (Å²) < 4.78 is 75.0. The molecule has 0 saturated heterocycles. The Balaban J connectivity index is 4.78. The van der Waals surface area contributed by atoms with E-state index in [2.05, 4.69) is 5.32 Å². The summed E-state index contributed by atoms with van der Waals surface area (Å²) in [6.07, 6.45) is -8.33. The number of hydrogen-bond donors (Lipinski definition) is 2. The second-order valence-corrected chi connectivity index (χ2v) is 5.99. The molecule has 2 unspecified atom stereocenters. The van der Waals surface area contributed by atoms with Gasteiger partial charge in [-0.3, -0.25) is 9.59 Å². The standard InChI is InChI=1S/C15H22F6N2O2/c1-5-13(4,15(19,20)21)6-9(2)10(3)12(25)22-7-11(24)23-8-14(16,17)18/h6,10H,5,7-8H2,1-4H3,(H,22,25)(H,23,24)/b9-6-. The monoisotopic (exact) mass is 376 g/mol. The first kappa shape index (κ1) is 23.3. The summed E-state index contributed by atoms with van der Waals surface area (Å²) in [7, 11) is 0. The summed E-state index contributed by atoms with van der Waals surface area (Å²) in [5.41, 5.74) is -1.95. The van der Waals surface area contributed by atoms with Crippen molar-refractivity contribution in [2.75, 3.05) is 13.1 Å². The molecule has 0 heterocycles. The van der Waals surface area contributed by atoms with Gasteiger partial charge in [0, 0.05) is 0 Å². The zero-order valence-electron chi connectivity index (χ0n) is 14.4. The lowest BCUT2D eigenvalue weighted by atomic mass is 9.82. The molecule has 146 valence electrons. The molecule has 0 fully saturated rings. The number of carbonyl (C=O) groups excluding carboxylic acids is 2. The summed E-state index contributed by atoms with van der Waals surface area (Å²) >= 11 is 0. The number of rotatable bonds is 7. The van der Waals surface area contributed by atoms with Gasteiger partial charge in [0.05, 0.1) is 17.9 Å². The molecule has 0 saturated carbocycles. The van der Waals surface area contributed by atoms with Crippen LogP contribution in [0.4, 0.5) is 26.3 Å². The molecule has 4 nitrogen and oxygen atoms in total. The topological polar surface area (TPSA) is 58.2 Å². The SMILES string of the molecule is CCC(C)(/C=C(/C)C(C)C(=O)NCC(=O)NCC(F)(F)F)C(F)(F)F. The fourth-order valence-corrected chi connectivity index (χ4v) is 1.80. The second-order valence-electron chi connectivity index (χ2n) is 5.99. The van der Waals surface area contributed by atoms with E-state index in [0.29, 0.717) is 0 Å². The lowest BCUT2D eigenvalue weighted by molar-refractivity contribution is -0.201. The third-order valence-corrected chi connectivity index (χ3v) is 3.91. The Morgan fingerprint density at radius 3 is 2.00 bits per heavy atom. The molecular formula is C15H22F6N2O2. The Kier molecular flexibility index (Phi) is 7.98. The van der Waals surface area contributed by atoms with E-state index in [1.54, 1.807) is 5.32 Å². The van der Waals surface area contributed by atoms with E-state index in [1.807, 2.05) is 0 Å². The molecule has 0 spiro atoms. The molecule has 0 aliphatic heterocycles. The highest BCUT2D eigenvalue weighted by atomic mass is 19.4. The minimum absolute atomic E-state index is 0.148. The predicted octanol–water partition coefficient (Wildman–Crippen LogP) is 3.34. The maximum absolute atomic E-state index is 13.1. The van der Waals surface area contributed by atoms with Crippen LogP contribution in [0.5, 0.6) is 0 Å². The zero-order valence-corrected chi connectivity index (χ0v) is 14.4. The number of allylic oxidation sites excluding steroid dienone is 1. The summed E-state index contributed by atoms with van der Waals surface area (Å²) in [4.78, 5) is 23.1. The second kappa shape index (κ2) is 8.57. The Bertz CT molecular complexity index is 513. The van der Waals surface area contributed by atoms with Crippen LogP contribution >= 0.6 is 0 Å². The van der Waals surface area contributed by atoms with Crippen LogP contribution in [0.1, 0.15) is 34.1 Å². The van der Waals surface area contributed by atoms with E-state index in [1.165, 1.54) is 20.8 Å². The Morgan fingerprint density at radius 1 is 1.08 bits per heavy atom. The summed E-state index contributed by atoms with van der Waals surface area (Å²) in [6, 6.07) is 0. The van der Waals surface area contributed by atoms with Crippen molar-refractivity contribution in [2.45, 2.75) is 46.5 Å². The molecule has 0 rings (SSSR count). The number of halogens is 6. The van der Waals surface area contributed by atoms with Crippen molar-refractivity contribution in [3.63, 3.8) is 0 Å². The molecule has 2 atom stereocenters.